The maximum Gasteiger partial charge on any atom is 0.189 e. The number of nitrogens with zero attached hydrogens (tertiary/aromatic N) is 3. The van der Waals surface area contributed by atoms with Gasteiger partial charge in [0.1, 0.15) is 23.2 Å². The van der Waals surface area contributed by atoms with Crippen LogP contribution in [0.3, 0.4) is 0 Å². The molecule has 0 aliphatic rings. The number of benzene rings is 1. The predicted molar refractivity (Wildman–Crippen MR) is 103 cm³/mol. The van der Waals surface area contributed by atoms with Crippen LogP contribution in [0.4, 0.5) is 5.82 Å². The zero-order valence-corrected chi connectivity index (χ0v) is 16.0. The normalized spacial score (nSPS) is 10.3. The first kappa shape index (κ1) is 18.6. The Morgan fingerprint density at radius 3 is 2.63 bits per heavy atom. The van der Waals surface area contributed by atoms with Gasteiger partial charge in [-0.15, -0.1) is 0 Å². The van der Waals surface area contributed by atoms with Crippen molar-refractivity contribution in [2.24, 2.45) is 0 Å². The van der Waals surface area contributed by atoms with Crippen LogP contribution in [0.5, 0.6) is 11.5 Å². The number of rotatable bonds is 7. The first-order valence-electron chi connectivity index (χ1n) is 8.05. The molecule has 2 aromatic heterocycles. The molecule has 2 heterocycles. The fourth-order valence-electron chi connectivity index (χ4n) is 2.54. The summed E-state index contributed by atoms with van der Waals surface area (Å²) in [4.78, 5) is 8.98. The van der Waals surface area contributed by atoms with Crippen LogP contribution in [0.1, 0.15) is 11.3 Å². The standard InChI is InChI=1S/C19H18N4O3S/c1-24-15-7-6-12(9-16(15)25-2)17-14(10-20)18(23-19(22-17)27-3)21-11-13-5-4-8-26-13/h4-9H,11H2,1-3H3,(H,21,22,23). The van der Waals surface area contributed by atoms with Crippen molar-refractivity contribution in [3.05, 3.63) is 47.9 Å². The van der Waals surface area contributed by atoms with Crippen molar-refractivity contribution in [3.8, 4) is 28.8 Å². The molecule has 1 N–H and O–H groups in total. The number of furan rings is 1. The van der Waals surface area contributed by atoms with Crippen LogP contribution >= 0.6 is 11.8 Å². The number of hydrogen-bond donors (Lipinski definition) is 1. The molecule has 138 valence electrons. The summed E-state index contributed by atoms with van der Waals surface area (Å²) >= 11 is 1.40. The van der Waals surface area contributed by atoms with Gasteiger partial charge in [0.05, 0.1) is 32.7 Å². The van der Waals surface area contributed by atoms with Gasteiger partial charge < -0.3 is 19.2 Å². The molecule has 0 amide bonds. The fourth-order valence-corrected chi connectivity index (χ4v) is 2.91. The molecule has 0 aliphatic heterocycles. The Kier molecular flexibility index (Phi) is 5.84. The minimum atomic E-state index is 0.353. The summed E-state index contributed by atoms with van der Waals surface area (Å²) in [7, 11) is 3.14. The van der Waals surface area contributed by atoms with Crippen LogP contribution in [-0.4, -0.2) is 30.4 Å². The first-order chi connectivity index (χ1) is 13.2. The first-order valence-corrected chi connectivity index (χ1v) is 9.27. The highest BCUT2D eigenvalue weighted by Gasteiger charge is 2.18. The smallest absolute Gasteiger partial charge is 0.189 e. The molecule has 3 rings (SSSR count). The molecular weight excluding hydrogens is 364 g/mol. The largest absolute Gasteiger partial charge is 0.493 e. The lowest BCUT2D eigenvalue weighted by Crippen LogP contribution is -2.07. The number of ether oxygens (including phenoxy) is 2. The Labute approximate surface area is 161 Å². The van der Waals surface area contributed by atoms with Gasteiger partial charge in [0.25, 0.3) is 0 Å². The molecule has 0 saturated carbocycles. The van der Waals surface area contributed by atoms with E-state index in [1.165, 1.54) is 11.8 Å². The number of thioether (sulfide) groups is 1. The van der Waals surface area contributed by atoms with Gasteiger partial charge in [0.2, 0.25) is 0 Å². The van der Waals surface area contributed by atoms with Gasteiger partial charge in [0, 0.05) is 5.56 Å². The zero-order valence-electron chi connectivity index (χ0n) is 15.1. The van der Waals surface area contributed by atoms with Crippen molar-refractivity contribution in [1.82, 2.24) is 9.97 Å². The van der Waals surface area contributed by atoms with E-state index >= 15 is 0 Å². The molecule has 7 nitrogen and oxygen atoms in total. The summed E-state index contributed by atoms with van der Waals surface area (Å²) in [5, 5.41) is 13.5. The van der Waals surface area contributed by atoms with Gasteiger partial charge in [-0.25, -0.2) is 9.97 Å². The molecule has 0 saturated heterocycles. The van der Waals surface area contributed by atoms with Crippen LogP contribution < -0.4 is 14.8 Å². The summed E-state index contributed by atoms with van der Waals surface area (Å²) in [6.07, 6.45) is 3.49. The molecule has 0 unspecified atom stereocenters. The minimum Gasteiger partial charge on any atom is -0.493 e. The molecule has 0 fully saturated rings. The molecular formula is C19H18N4O3S. The molecule has 8 heteroatoms. The third kappa shape index (κ3) is 3.99. The van der Waals surface area contributed by atoms with E-state index in [0.717, 1.165) is 11.3 Å². The van der Waals surface area contributed by atoms with Crippen molar-refractivity contribution in [2.45, 2.75) is 11.7 Å². The number of methoxy groups -OCH3 is 2. The Bertz CT molecular complexity index is 968. The number of hydrogen-bond acceptors (Lipinski definition) is 8. The van der Waals surface area contributed by atoms with E-state index in [1.54, 1.807) is 32.6 Å². The number of aromatic nitrogens is 2. The van der Waals surface area contributed by atoms with Crippen molar-refractivity contribution >= 4 is 17.6 Å². The van der Waals surface area contributed by atoms with Crippen molar-refractivity contribution in [1.29, 1.82) is 5.26 Å². The van der Waals surface area contributed by atoms with E-state index in [0.29, 0.717) is 40.3 Å². The predicted octanol–water partition coefficient (Wildman–Crippen LogP) is 3.96. The second-order valence-corrected chi connectivity index (χ2v) is 6.17. The van der Waals surface area contributed by atoms with Gasteiger partial charge >= 0.3 is 0 Å². The van der Waals surface area contributed by atoms with Crippen molar-refractivity contribution in [3.63, 3.8) is 0 Å². The van der Waals surface area contributed by atoms with E-state index in [4.69, 9.17) is 13.9 Å². The molecule has 0 radical (unpaired) electrons. The lowest BCUT2D eigenvalue weighted by atomic mass is 10.1. The summed E-state index contributed by atoms with van der Waals surface area (Å²) in [5.41, 5.74) is 1.62. The highest BCUT2D eigenvalue weighted by molar-refractivity contribution is 7.98. The molecule has 0 bridgehead atoms. The average molecular weight is 382 g/mol. The van der Waals surface area contributed by atoms with Crippen molar-refractivity contribution < 1.29 is 13.9 Å². The third-order valence-corrected chi connectivity index (χ3v) is 4.40. The summed E-state index contributed by atoms with van der Waals surface area (Å²) in [6, 6.07) is 11.3. The number of nitrogens with one attached hydrogen (secondary N) is 1. The second-order valence-electron chi connectivity index (χ2n) is 5.40. The Hall–Kier alpha value is -3.18. The molecule has 27 heavy (non-hydrogen) atoms. The quantitative estimate of drug-likeness (QED) is 0.485. The molecule has 3 aromatic rings. The lowest BCUT2D eigenvalue weighted by Gasteiger charge is -2.13. The zero-order chi connectivity index (χ0) is 19.2. The highest BCUT2D eigenvalue weighted by atomic mass is 32.2. The van der Waals surface area contributed by atoms with Crippen LogP contribution in [0, 0.1) is 11.3 Å². The average Bonchev–Trinajstić information content (AvgIpc) is 3.24. The van der Waals surface area contributed by atoms with Crippen LogP contribution in [-0.2, 0) is 6.54 Å². The van der Waals surface area contributed by atoms with E-state index in [2.05, 4.69) is 21.4 Å². The van der Waals surface area contributed by atoms with E-state index in [9.17, 15) is 5.26 Å². The monoisotopic (exact) mass is 382 g/mol. The van der Waals surface area contributed by atoms with Gasteiger partial charge in [0.15, 0.2) is 16.7 Å². The number of nitriles is 1. The van der Waals surface area contributed by atoms with Gasteiger partial charge in [-0.1, -0.05) is 11.8 Å². The Morgan fingerprint density at radius 2 is 2.00 bits per heavy atom. The summed E-state index contributed by atoms with van der Waals surface area (Å²) in [6.45, 7) is 0.415. The Balaban J connectivity index is 2.06. The Morgan fingerprint density at radius 1 is 1.19 bits per heavy atom. The van der Waals surface area contributed by atoms with Crippen LogP contribution in [0.25, 0.3) is 11.3 Å². The van der Waals surface area contributed by atoms with Gasteiger partial charge in [-0.2, -0.15) is 5.26 Å². The minimum absolute atomic E-state index is 0.353. The van der Waals surface area contributed by atoms with E-state index in [-0.39, 0.29) is 0 Å². The topological polar surface area (TPSA) is 93.2 Å². The molecule has 0 spiro atoms. The second kappa shape index (κ2) is 8.47. The highest BCUT2D eigenvalue weighted by Crippen LogP contribution is 2.35. The fraction of sp³-hybridized carbons (Fsp3) is 0.211. The van der Waals surface area contributed by atoms with Crippen LogP contribution in [0.2, 0.25) is 0 Å². The summed E-state index contributed by atoms with van der Waals surface area (Å²) in [5.74, 6) is 2.37. The van der Waals surface area contributed by atoms with Crippen LogP contribution in [0.15, 0.2) is 46.2 Å². The number of anilines is 1. The molecule has 0 atom stereocenters. The maximum absolute atomic E-state index is 9.75. The third-order valence-electron chi connectivity index (χ3n) is 3.85. The lowest BCUT2D eigenvalue weighted by molar-refractivity contribution is 0.355. The SMILES string of the molecule is COc1ccc(-c2nc(SC)nc(NCc3ccco3)c2C#N)cc1OC. The molecule has 0 aliphatic carbocycles. The van der Waals surface area contributed by atoms with Gasteiger partial charge in [-0.05, 0) is 36.6 Å². The molecule has 1 aromatic carbocycles. The van der Waals surface area contributed by atoms with Gasteiger partial charge in [-0.3, -0.25) is 0 Å². The van der Waals surface area contributed by atoms with E-state index < -0.39 is 0 Å². The maximum atomic E-state index is 9.75. The summed E-state index contributed by atoms with van der Waals surface area (Å²) < 4.78 is 16.0. The van der Waals surface area contributed by atoms with Crippen molar-refractivity contribution in [2.75, 3.05) is 25.8 Å². The van der Waals surface area contributed by atoms with E-state index in [1.807, 2.05) is 24.5 Å².